The number of aliphatic hydroxyl groups is 2. The summed E-state index contributed by atoms with van der Waals surface area (Å²) >= 11 is 0. The molecule has 3 N–H and O–H groups in total. The number of hydrogen-bond acceptors (Lipinski definition) is 4. The molecule has 0 aliphatic carbocycles. The van der Waals surface area contributed by atoms with Gasteiger partial charge in [-0.2, -0.15) is 5.26 Å². The summed E-state index contributed by atoms with van der Waals surface area (Å²) in [5.41, 5.74) is 0.194. The fraction of sp³-hybridized carbons (Fsp3) is 0.462. The summed E-state index contributed by atoms with van der Waals surface area (Å²) in [5.74, 6) is 0. The van der Waals surface area contributed by atoms with Crippen molar-refractivity contribution >= 4 is 0 Å². The van der Waals surface area contributed by atoms with Crippen molar-refractivity contribution in [2.45, 2.75) is 24.9 Å². The Hall–Kier alpha value is -1.41. The minimum absolute atomic E-state index is 0.182. The molecule has 0 saturated heterocycles. The third kappa shape index (κ3) is 3.82. The first-order valence-electron chi connectivity index (χ1n) is 5.56. The lowest BCUT2D eigenvalue weighted by molar-refractivity contribution is 0.0942. The Balaban J connectivity index is 2.85. The molecule has 0 saturated carbocycles. The molecule has 1 unspecified atom stereocenters. The largest absolute Gasteiger partial charge is 0.394 e. The second-order valence-electron chi connectivity index (χ2n) is 4.35. The number of hydrogen-bond donors (Lipinski definition) is 3. The van der Waals surface area contributed by atoms with Crippen molar-refractivity contribution in [3.8, 4) is 6.07 Å². The van der Waals surface area contributed by atoms with Gasteiger partial charge in [-0.15, -0.1) is 0 Å². The molecule has 1 aromatic rings. The molecule has 4 nitrogen and oxygen atoms in total. The van der Waals surface area contributed by atoms with Gasteiger partial charge in [0.05, 0.1) is 31.2 Å². The predicted molar refractivity (Wildman–Crippen MR) is 65.1 cm³/mol. The van der Waals surface area contributed by atoms with Crippen LogP contribution in [0.4, 0.5) is 0 Å². The van der Waals surface area contributed by atoms with E-state index in [4.69, 9.17) is 5.26 Å². The fourth-order valence-electron chi connectivity index (χ4n) is 1.59. The summed E-state index contributed by atoms with van der Waals surface area (Å²) in [5, 5.41) is 30.4. The van der Waals surface area contributed by atoms with E-state index in [2.05, 4.69) is 11.4 Å². The van der Waals surface area contributed by atoms with Crippen molar-refractivity contribution in [3.63, 3.8) is 0 Å². The minimum Gasteiger partial charge on any atom is -0.394 e. The van der Waals surface area contributed by atoms with Crippen molar-refractivity contribution in [1.29, 1.82) is 5.26 Å². The van der Waals surface area contributed by atoms with Crippen molar-refractivity contribution in [1.82, 2.24) is 5.32 Å². The van der Waals surface area contributed by atoms with Crippen molar-refractivity contribution in [2.24, 2.45) is 0 Å². The van der Waals surface area contributed by atoms with Crippen LogP contribution >= 0.6 is 0 Å². The molecule has 17 heavy (non-hydrogen) atoms. The fourth-order valence-corrected chi connectivity index (χ4v) is 1.59. The van der Waals surface area contributed by atoms with Gasteiger partial charge in [0.2, 0.25) is 0 Å². The molecule has 0 spiro atoms. The molecular formula is C13H18N2O2. The second kappa shape index (κ2) is 6.36. The Morgan fingerprint density at radius 3 is 2.35 bits per heavy atom. The zero-order chi connectivity index (χ0) is 12.7. The van der Waals surface area contributed by atoms with Crippen LogP contribution in [0.3, 0.4) is 0 Å². The molecular weight excluding hydrogens is 216 g/mol. The molecule has 0 aliphatic heterocycles. The van der Waals surface area contributed by atoms with E-state index in [1.54, 1.807) is 6.92 Å². The van der Waals surface area contributed by atoms with E-state index in [-0.39, 0.29) is 19.3 Å². The normalized spacial score (nSPS) is 13.1. The highest BCUT2D eigenvalue weighted by Crippen LogP contribution is 2.19. The maximum absolute atomic E-state index is 9.24. The molecule has 1 aromatic carbocycles. The van der Waals surface area contributed by atoms with Gasteiger partial charge in [0.1, 0.15) is 0 Å². The summed E-state index contributed by atoms with van der Waals surface area (Å²) in [6, 6.07) is 11.5. The first kappa shape index (κ1) is 13.7. The van der Waals surface area contributed by atoms with Crippen LogP contribution in [0.2, 0.25) is 0 Å². The lowest BCUT2D eigenvalue weighted by Crippen LogP contribution is -2.50. The van der Waals surface area contributed by atoms with E-state index in [9.17, 15) is 10.2 Å². The summed E-state index contributed by atoms with van der Waals surface area (Å²) in [4.78, 5) is 0. The highest BCUT2D eigenvalue weighted by molar-refractivity contribution is 5.20. The van der Waals surface area contributed by atoms with Gasteiger partial charge in [-0.3, -0.25) is 5.32 Å². The average molecular weight is 234 g/mol. The van der Waals surface area contributed by atoms with Crippen LogP contribution in [0.15, 0.2) is 30.3 Å². The Kier molecular flexibility index (Phi) is 5.11. The Labute approximate surface area is 102 Å². The Morgan fingerprint density at radius 1 is 1.29 bits per heavy atom. The first-order valence-corrected chi connectivity index (χ1v) is 5.56. The number of benzene rings is 1. The lowest BCUT2D eigenvalue weighted by Gasteiger charge is -2.31. The molecule has 0 aliphatic rings. The van der Waals surface area contributed by atoms with Crippen molar-refractivity contribution in [2.75, 3.05) is 13.2 Å². The van der Waals surface area contributed by atoms with Gasteiger partial charge >= 0.3 is 0 Å². The summed E-state index contributed by atoms with van der Waals surface area (Å²) in [6.07, 6.45) is 0.291. The van der Waals surface area contributed by atoms with Crippen LogP contribution in [0, 0.1) is 11.3 Å². The van der Waals surface area contributed by atoms with Crippen LogP contribution in [0.1, 0.15) is 24.9 Å². The molecule has 4 heteroatoms. The molecule has 0 radical (unpaired) electrons. The second-order valence-corrected chi connectivity index (χ2v) is 4.35. The molecule has 92 valence electrons. The molecule has 1 rings (SSSR count). The van der Waals surface area contributed by atoms with E-state index in [1.807, 2.05) is 30.3 Å². The third-order valence-electron chi connectivity index (χ3n) is 2.72. The van der Waals surface area contributed by atoms with Crippen LogP contribution in [0.25, 0.3) is 0 Å². The van der Waals surface area contributed by atoms with Gasteiger partial charge in [0.15, 0.2) is 0 Å². The van der Waals surface area contributed by atoms with Gasteiger partial charge < -0.3 is 10.2 Å². The number of aliphatic hydroxyl groups excluding tert-OH is 2. The maximum Gasteiger partial charge on any atom is 0.0641 e. The zero-order valence-corrected chi connectivity index (χ0v) is 9.93. The molecule has 0 bridgehead atoms. The van der Waals surface area contributed by atoms with Gasteiger partial charge in [0, 0.05) is 6.04 Å². The quantitative estimate of drug-likeness (QED) is 0.685. The number of nitrogens with zero attached hydrogens (tertiary/aromatic N) is 1. The van der Waals surface area contributed by atoms with Crippen LogP contribution in [-0.4, -0.2) is 29.0 Å². The van der Waals surface area contributed by atoms with E-state index < -0.39 is 5.54 Å². The SMILES string of the molecule is CC(CO)(CO)NC(CC#N)c1ccccc1. The molecule has 0 amide bonds. The van der Waals surface area contributed by atoms with Gasteiger partial charge in [-0.25, -0.2) is 0 Å². The first-order chi connectivity index (χ1) is 8.15. The Morgan fingerprint density at radius 2 is 1.88 bits per heavy atom. The maximum atomic E-state index is 9.24. The number of nitriles is 1. The van der Waals surface area contributed by atoms with E-state index in [0.717, 1.165) is 5.56 Å². The van der Waals surface area contributed by atoms with E-state index in [1.165, 1.54) is 0 Å². The van der Waals surface area contributed by atoms with E-state index in [0.29, 0.717) is 6.42 Å². The van der Waals surface area contributed by atoms with Crippen molar-refractivity contribution in [3.05, 3.63) is 35.9 Å². The monoisotopic (exact) mass is 234 g/mol. The summed E-state index contributed by atoms with van der Waals surface area (Å²) < 4.78 is 0. The molecule has 1 atom stereocenters. The zero-order valence-electron chi connectivity index (χ0n) is 9.93. The van der Waals surface area contributed by atoms with Crippen LogP contribution in [-0.2, 0) is 0 Å². The van der Waals surface area contributed by atoms with Crippen LogP contribution in [0.5, 0.6) is 0 Å². The highest BCUT2D eigenvalue weighted by Gasteiger charge is 2.26. The smallest absolute Gasteiger partial charge is 0.0641 e. The van der Waals surface area contributed by atoms with Gasteiger partial charge in [-0.05, 0) is 12.5 Å². The van der Waals surface area contributed by atoms with Gasteiger partial charge in [-0.1, -0.05) is 30.3 Å². The van der Waals surface area contributed by atoms with E-state index >= 15 is 0 Å². The Bertz CT molecular complexity index is 369. The minimum atomic E-state index is -0.780. The number of rotatable bonds is 6. The predicted octanol–water partition coefficient (Wildman–Crippen LogP) is 0.974. The topological polar surface area (TPSA) is 76.3 Å². The average Bonchev–Trinajstić information content (AvgIpc) is 2.39. The number of nitrogens with one attached hydrogen (secondary N) is 1. The summed E-state index contributed by atoms with van der Waals surface area (Å²) in [6.45, 7) is 1.36. The standard InChI is InChI=1S/C13H18N2O2/c1-13(9-16,10-17)15-12(7-8-14)11-5-3-2-4-6-11/h2-6,12,15-17H,7,9-10H2,1H3. The van der Waals surface area contributed by atoms with Gasteiger partial charge in [0.25, 0.3) is 0 Å². The molecule has 0 aromatic heterocycles. The lowest BCUT2D eigenvalue weighted by atomic mass is 9.98. The van der Waals surface area contributed by atoms with Crippen molar-refractivity contribution < 1.29 is 10.2 Å². The van der Waals surface area contributed by atoms with Crippen LogP contribution < -0.4 is 5.32 Å². The molecule has 0 heterocycles. The summed E-state index contributed by atoms with van der Waals surface area (Å²) in [7, 11) is 0. The highest BCUT2D eigenvalue weighted by atomic mass is 16.3. The molecule has 0 fully saturated rings. The third-order valence-corrected chi connectivity index (χ3v) is 2.72.